The van der Waals surface area contributed by atoms with Crippen molar-refractivity contribution < 1.29 is 19.1 Å². The molecule has 1 aliphatic heterocycles. The zero-order valence-corrected chi connectivity index (χ0v) is 14.1. The van der Waals surface area contributed by atoms with E-state index in [0.29, 0.717) is 17.2 Å². The van der Waals surface area contributed by atoms with Crippen molar-refractivity contribution in [1.82, 2.24) is 5.43 Å². The van der Waals surface area contributed by atoms with E-state index >= 15 is 0 Å². The molecule has 4 rings (SSSR count). The second-order valence-corrected chi connectivity index (χ2v) is 5.79. The van der Waals surface area contributed by atoms with Crippen molar-refractivity contribution >= 4 is 34.5 Å². The number of carbonyl (C=O) groups is 2. The summed E-state index contributed by atoms with van der Waals surface area (Å²) >= 11 is 0. The highest BCUT2D eigenvalue weighted by Gasteiger charge is 2.17. The first-order chi connectivity index (χ1) is 13.2. The van der Waals surface area contributed by atoms with E-state index in [1.54, 1.807) is 18.2 Å². The highest BCUT2D eigenvalue weighted by molar-refractivity contribution is 6.39. The zero-order chi connectivity index (χ0) is 18.6. The molecule has 7 nitrogen and oxygen atoms in total. The van der Waals surface area contributed by atoms with Crippen LogP contribution in [0.4, 0.5) is 5.69 Å². The van der Waals surface area contributed by atoms with Crippen LogP contribution in [0.2, 0.25) is 0 Å². The summed E-state index contributed by atoms with van der Waals surface area (Å²) in [7, 11) is 0. The van der Waals surface area contributed by atoms with Gasteiger partial charge in [0.1, 0.15) is 0 Å². The largest absolute Gasteiger partial charge is 0.454 e. The van der Waals surface area contributed by atoms with Gasteiger partial charge < -0.3 is 14.8 Å². The Kier molecular flexibility index (Phi) is 4.40. The molecule has 0 saturated heterocycles. The van der Waals surface area contributed by atoms with Gasteiger partial charge in [-0.15, -0.1) is 0 Å². The molecule has 3 aromatic carbocycles. The topological polar surface area (TPSA) is 89.0 Å². The van der Waals surface area contributed by atoms with Crippen LogP contribution in [-0.2, 0) is 9.59 Å². The van der Waals surface area contributed by atoms with Gasteiger partial charge in [-0.05, 0) is 22.9 Å². The normalized spacial score (nSPS) is 12.3. The Morgan fingerprint density at radius 3 is 2.67 bits per heavy atom. The molecule has 0 unspecified atom stereocenters. The van der Waals surface area contributed by atoms with Crippen LogP contribution in [0, 0.1) is 0 Å². The number of hydrogen-bond donors (Lipinski definition) is 2. The molecular weight excluding hydrogens is 346 g/mol. The van der Waals surface area contributed by atoms with Gasteiger partial charge in [0.2, 0.25) is 6.79 Å². The van der Waals surface area contributed by atoms with E-state index in [-0.39, 0.29) is 6.79 Å². The molecule has 0 spiro atoms. The van der Waals surface area contributed by atoms with Crippen LogP contribution in [0.15, 0.2) is 65.8 Å². The lowest BCUT2D eigenvalue weighted by molar-refractivity contribution is -0.136. The Morgan fingerprint density at radius 1 is 0.926 bits per heavy atom. The Hall–Kier alpha value is -3.87. The molecule has 3 aromatic rings. The number of hydrazone groups is 1. The number of carbonyl (C=O) groups excluding carboxylic acids is 2. The molecule has 0 radical (unpaired) electrons. The molecule has 0 aliphatic carbocycles. The van der Waals surface area contributed by atoms with Crippen molar-refractivity contribution in [1.29, 1.82) is 0 Å². The van der Waals surface area contributed by atoms with E-state index in [1.807, 2.05) is 42.5 Å². The number of rotatable bonds is 3. The Morgan fingerprint density at radius 2 is 1.74 bits per heavy atom. The van der Waals surface area contributed by atoms with Gasteiger partial charge in [-0.2, -0.15) is 5.10 Å². The number of nitrogens with zero attached hydrogens (tertiary/aromatic N) is 1. The van der Waals surface area contributed by atoms with Gasteiger partial charge in [-0.25, -0.2) is 5.43 Å². The fourth-order valence-corrected chi connectivity index (χ4v) is 2.74. The number of hydrogen-bond acceptors (Lipinski definition) is 5. The number of benzene rings is 3. The van der Waals surface area contributed by atoms with Crippen molar-refractivity contribution in [2.45, 2.75) is 0 Å². The summed E-state index contributed by atoms with van der Waals surface area (Å²) in [5, 5.41) is 8.44. The second-order valence-electron chi connectivity index (χ2n) is 5.79. The number of ether oxygens (including phenoxy) is 2. The SMILES string of the molecule is O=C(N/N=C\c1cccc2ccccc12)C(=O)Nc1ccc2c(c1)OCO2. The summed E-state index contributed by atoms with van der Waals surface area (Å²) < 4.78 is 10.4. The lowest BCUT2D eigenvalue weighted by atomic mass is 10.1. The van der Waals surface area contributed by atoms with Crippen LogP contribution in [0.1, 0.15) is 5.56 Å². The zero-order valence-electron chi connectivity index (χ0n) is 14.1. The maximum atomic E-state index is 12.0. The number of nitrogens with one attached hydrogen (secondary N) is 2. The van der Waals surface area contributed by atoms with Crippen molar-refractivity contribution in [2.24, 2.45) is 5.10 Å². The summed E-state index contributed by atoms with van der Waals surface area (Å²) in [4.78, 5) is 23.9. The molecule has 1 heterocycles. The maximum Gasteiger partial charge on any atom is 0.329 e. The molecule has 1 aliphatic rings. The third kappa shape index (κ3) is 3.57. The summed E-state index contributed by atoms with van der Waals surface area (Å²) in [6, 6.07) is 18.5. The van der Waals surface area contributed by atoms with Crippen LogP contribution < -0.4 is 20.2 Å². The van der Waals surface area contributed by atoms with Crippen LogP contribution in [0.5, 0.6) is 11.5 Å². The van der Waals surface area contributed by atoms with Crippen molar-refractivity contribution in [3.8, 4) is 11.5 Å². The Balaban J connectivity index is 1.40. The molecule has 2 amide bonds. The predicted octanol–water partition coefficient (Wildman–Crippen LogP) is 2.66. The van der Waals surface area contributed by atoms with Gasteiger partial charge in [0.05, 0.1) is 6.21 Å². The van der Waals surface area contributed by atoms with Gasteiger partial charge in [0, 0.05) is 17.3 Å². The number of amides is 2. The third-order valence-electron chi connectivity index (χ3n) is 4.03. The predicted molar refractivity (Wildman–Crippen MR) is 101 cm³/mol. The van der Waals surface area contributed by atoms with E-state index in [0.717, 1.165) is 16.3 Å². The minimum Gasteiger partial charge on any atom is -0.454 e. The monoisotopic (exact) mass is 361 g/mol. The Bertz CT molecular complexity index is 1060. The number of anilines is 1. The lowest BCUT2D eigenvalue weighted by Gasteiger charge is -2.05. The fraction of sp³-hybridized carbons (Fsp3) is 0.0500. The summed E-state index contributed by atoms with van der Waals surface area (Å²) in [5.74, 6) is -0.590. The highest BCUT2D eigenvalue weighted by Crippen LogP contribution is 2.34. The molecule has 27 heavy (non-hydrogen) atoms. The molecule has 134 valence electrons. The first kappa shape index (κ1) is 16.6. The van der Waals surface area contributed by atoms with Crippen LogP contribution in [0.3, 0.4) is 0 Å². The highest BCUT2D eigenvalue weighted by atomic mass is 16.7. The van der Waals surface area contributed by atoms with Gasteiger partial charge in [0.15, 0.2) is 11.5 Å². The number of fused-ring (bicyclic) bond motifs is 2. The van der Waals surface area contributed by atoms with E-state index in [9.17, 15) is 9.59 Å². The minimum atomic E-state index is -0.871. The van der Waals surface area contributed by atoms with Crippen LogP contribution in [-0.4, -0.2) is 24.8 Å². The van der Waals surface area contributed by atoms with Crippen molar-refractivity contribution in [3.63, 3.8) is 0 Å². The van der Waals surface area contributed by atoms with E-state index < -0.39 is 11.8 Å². The van der Waals surface area contributed by atoms with Gasteiger partial charge in [-0.1, -0.05) is 42.5 Å². The summed E-state index contributed by atoms with van der Waals surface area (Å²) in [6.07, 6.45) is 1.51. The van der Waals surface area contributed by atoms with E-state index in [1.165, 1.54) is 6.21 Å². The molecule has 2 N–H and O–H groups in total. The molecule has 7 heteroatoms. The lowest BCUT2D eigenvalue weighted by Crippen LogP contribution is -2.32. The first-order valence-corrected chi connectivity index (χ1v) is 8.22. The molecule has 0 aromatic heterocycles. The third-order valence-corrected chi connectivity index (χ3v) is 4.03. The summed E-state index contributed by atoms with van der Waals surface area (Å²) in [5.41, 5.74) is 3.50. The van der Waals surface area contributed by atoms with Crippen LogP contribution >= 0.6 is 0 Å². The molecule has 0 bridgehead atoms. The van der Waals surface area contributed by atoms with Gasteiger partial charge in [0.25, 0.3) is 0 Å². The Labute approximate surface area is 154 Å². The van der Waals surface area contributed by atoms with Crippen molar-refractivity contribution in [3.05, 3.63) is 66.2 Å². The quantitative estimate of drug-likeness (QED) is 0.426. The molecule has 0 saturated carbocycles. The standard InChI is InChI=1S/C20H15N3O4/c24-19(22-15-8-9-17-18(10-15)27-12-26-17)20(25)23-21-11-14-6-3-5-13-4-1-2-7-16(13)14/h1-11H,12H2,(H,22,24)(H,23,25)/b21-11-. The van der Waals surface area contributed by atoms with E-state index in [4.69, 9.17) is 9.47 Å². The molecular formula is C20H15N3O4. The second kappa shape index (κ2) is 7.17. The molecule has 0 atom stereocenters. The maximum absolute atomic E-state index is 12.0. The fourth-order valence-electron chi connectivity index (χ4n) is 2.74. The molecule has 0 fully saturated rings. The minimum absolute atomic E-state index is 0.135. The average molecular weight is 361 g/mol. The average Bonchev–Trinajstić information content (AvgIpc) is 3.16. The van der Waals surface area contributed by atoms with Gasteiger partial charge in [-0.3, -0.25) is 9.59 Å². The first-order valence-electron chi connectivity index (χ1n) is 8.22. The van der Waals surface area contributed by atoms with Gasteiger partial charge >= 0.3 is 11.8 Å². The van der Waals surface area contributed by atoms with Crippen molar-refractivity contribution in [2.75, 3.05) is 12.1 Å². The smallest absolute Gasteiger partial charge is 0.329 e. The summed E-state index contributed by atoms with van der Waals surface area (Å²) in [6.45, 7) is 0.135. The van der Waals surface area contributed by atoms with E-state index in [2.05, 4.69) is 15.8 Å². The van der Waals surface area contributed by atoms with Crippen LogP contribution in [0.25, 0.3) is 10.8 Å².